The molecule has 2 heterocycles. The first-order valence-corrected chi connectivity index (χ1v) is 7.83. The van der Waals surface area contributed by atoms with Crippen molar-refractivity contribution < 1.29 is 19.1 Å². The van der Waals surface area contributed by atoms with Gasteiger partial charge in [0.1, 0.15) is 12.9 Å². The highest BCUT2D eigenvalue weighted by Crippen LogP contribution is 2.46. The number of ether oxygens (including phenoxy) is 1. The van der Waals surface area contributed by atoms with Crippen LogP contribution in [0.2, 0.25) is 0 Å². The van der Waals surface area contributed by atoms with Gasteiger partial charge in [0.25, 0.3) is 0 Å². The van der Waals surface area contributed by atoms with E-state index in [1.807, 2.05) is 19.1 Å². The third-order valence-electron chi connectivity index (χ3n) is 4.79. The van der Waals surface area contributed by atoms with Crippen LogP contribution in [0.3, 0.4) is 0 Å². The van der Waals surface area contributed by atoms with Crippen molar-refractivity contribution in [3.63, 3.8) is 0 Å². The fraction of sp³-hybridized carbons (Fsp3) is 0.588. The van der Waals surface area contributed by atoms with Crippen LogP contribution in [0.25, 0.3) is 0 Å². The summed E-state index contributed by atoms with van der Waals surface area (Å²) in [4.78, 5) is 4.98. The summed E-state index contributed by atoms with van der Waals surface area (Å²) in [7, 11) is 1.53. The van der Waals surface area contributed by atoms with E-state index in [9.17, 15) is 9.50 Å². The van der Waals surface area contributed by atoms with Gasteiger partial charge in [-0.2, -0.15) is 0 Å². The van der Waals surface area contributed by atoms with Crippen LogP contribution in [-0.4, -0.2) is 36.2 Å². The maximum Gasteiger partial charge on any atom is 0.123 e. The molecule has 0 amide bonds. The number of hydrogen-bond acceptors (Lipinski definition) is 4. The first kappa shape index (κ1) is 15.4. The second-order valence-corrected chi connectivity index (χ2v) is 6.06. The monoisotopic (exact) mass is 307 g/mol. The van der Waals surface area contributed by atoms with E-state index >= 15 is 0 Å². The minimum Gasteiger partial charge on any atom is -0.399 e. The molecule has 5 atom stereocenters. The highest BCUT2D eigenvalue weighted by molar-refractivity contribution is 5.87. The van der Waals surface area contributed by atoms with Crippen LogP contribution in [0.15, 0.2) is 29.4 Å². The van der Waals surface area contributed by atoms with Crippen molar-refractivity contribution in [2.24, 2.45) is 11.1 Å². The Labute approximate surface area is 129 Å². The molecule has 1 aromatic carbocycles. The molecule has 5 heteroatoms. The van der Waals surface area contributed by atoms with Crippen LogP contribution in [0, 0.1) is 11.7 Å². The molecular weight excluding hydrogens is 285 g/mol. The van der Waals surface area contributed by atoms with E-state index in [2.05, 4.69) is 5.16 Å². The van der Waals surface area contributed by atoms with Crippen LogP contribution in [0.5, 0.6) is 0 Å². The van der Waals surface area contributed by atoms with Gasteiger partial charge in [0, 0.05) is 12.3 Å². The van der Waals surface area contributed by atoms with Gasteiger partial charge in [-0.25, -0.2) is 4.39 Å². The number of hydrogen-bond donors (Lipinski definition) is 1. The zero-order chi connectivity index (χ0) is 15.7. The van der Waals surface area contributed by atoms with E-state index in [0.29, 0.717) is 6.42 Å². The molecule has 120 valence electrons. The Hall–Kier alpha value is -1.46. The highest BCUT2D eigenvalue weighted by atomic mass is 19.1. The molecule has 2 fully saturated rings. The van der Waals surface area contributed by atoms with Crippen LogP contribution in [0.4, 0.5) is 4.39 Å². The van der Waals surface area contributed by atoms with E-state index < -0.39 is 6.10 Å². The zero-order valence-electron chi connectivity index (χ0n) is 12.9. The Morgan fingerprint density at radius 1 is 1.36 bits per heavy atom. The second kappa shape index (κ2) is 6.34. The molecule has 2 aliphatic rings. The van der Waals surface area contributed by atoms with Crippen LogP contribution in [-0.2, 0) is 9.57 Å². The number of halogens is 1. The smallest absolute Gasteiger partial charge is 0.123 e. The molecule has 2 saturated heterocycles. The number of fused-ring (bicyclic) bond motifs is 2. The highest BCUT2D eigenvalue weighted by Gasteiger charge is 2.50. The largest absolute Gasteiger partial charge is 0.399 e. The summed E-state index contributed by atoms with van der Waals surface area (Å²) in [5.41, 5.74) is 1.96. The summed E-state index contributed by atoms with van der Waals surface area (Å²) < 4.78 is 19.2. The first-order valence-electron chi connectivity index (χ1n) is 7.83. The fourth-order valence-corrected chi connectivity index (χ4v) is 3.86. The molecular formula is C17H22FNO3. The Kier molecular flexibility index (Phi) is 4.45. The maximum absolute atomic E-state index is 13.2. The van der Waals surface area contributed by atoms with E-state index in [0.717, 1.165) is 24.1 Å². The lowest BCUT2D eigenvalue weighted by atomic mass is 9.75. The molecule has 0 aliphatic carbocycles. The van der Waals surface area contributed by atoms with Gasteiger partial charge >= 0.3 is 0 Å². The quantitative estimate of drug-likeness (QED) is 0.687. The summed E-state index contributed by atoms with van der Waals surface area (Å²) >= 11 is 0. The van der Waals surface area contributed by atoms with Crippen molar-refractivity contribution in [3.05, 3.63) is 35.6 Å². The van der Waals surface area contributed by atoms with Gasteiger partial charge in [-0.3, -0.25) is 0 Å². The number of nitrogens with zero attached hydrogens (tertiary/aromatic N) is 1. The lowest BCUT2D eigenvalue weighted by Gasteiger charge is -2.38. The van der Waals surface area contributed by atoms with Gasteiger partial charge in [-0.05, 0) is 36.5 Å². The Morgan fingerprint density at radius 2 is 2.09 bits per heavy atom. The lowest BCUT2D eigenvalue weighted by molar-refractivity contribution is -0.0509. The number of oxime groups is 1. The third kappa shape index (κ3) is 2.75. The molecule has 0 saturated carbocycles. The molecule has 2 unspecified atom stereocenters. The van der Waals surface area contributed by atoms with Crippen LogP contribution in [0.1, 0.15) is 37.7 Å². The van der Waals surface area contributed by atoms with E-state index in [1.54, 1.807) is 0 Å². The van der Waals surface area contributed by atoms with Crippen molar-refractivity contribution in [1.29, 1.82) is 0 Å². The molecule has 4 nitrogen and oxygen atoms in total. The van der Waals surface area contributed by atoms with Gasteiger partial charge in [0.05, 0.1) is 24.0 Å². The van der Waals surface area contributed by atoms with Crippen molar-refractivity contribution in [1.82, 2.24) is 0 Å². The molecule has 2 aliphatic heterocycles. The molecule has 0 spiro atoms. The number of rotatable bonds is 4. The molecule has 1 N–H and O–H groups in total. The van der Waals surface area contributed by atoms with Crippen LogP contribution < -0.4 is 0 Å². The van der Waals surface area contributed by atoms with Crippen molar-refractivity contribution in [3.8, 4) is 0 Å². The van der Waals surface area contributed by atoms with E-state index in [-0.39, 0.29) is 29.9 Å². The Balaban J connectivity index is 1.98. The first-order chi connectivity index (χ1) is 10.6. The standard InChI is InChI=1S/C17H22FNO3/c1-3-14(19-21-2)16-13(10-4-6-11(18)7-5-10)8-12-9-15(20)17(16)22-12/h4-7,12-13,15-17,20H,3,8-9H2,1-2H3/t12?,13-,15?,16-,17-/m1/s1. The summed E-state index contributed by atoms with van der Waals surface area (Å²) in [6, 6.07) is 6.62. The van der Waals surface area contributed by atoms with Crippen molar-refractivity contribution in [2.45, 2.75) is 50.4 Å². The molecule has 3 rings (SSSR count). The fourth-order valence-electron chi connectivity index (χ4n) is 3.86. The Bertz CT molecular complexity index is 545. The minimum atomic E-state index is -0.478. The Morgan fingerprint density at radius 3 is 2.73 bits per heavy atom. The van der Waals surface area contributed by atoms with Gasteiger partial charge in [0.15, 0.2) is 0 Å². The number of benzene rings is 1. The second-order valence-electron chi connectivity index (χ2n) is 6.06. The molecule has 2 bridgehead atoms. The number of aliphatic hydroxyl groups is 1. The minimum absolute atomic E-state index is 0.0378. The lowest BCUT2D eigenvalue weighted by Crippen LogP contribution is -2.42. The SMILES string of the molecule is CCC(=NOC)[C@H]1[C@@H](c2ccc(F)cc2)CC2CC(O)[C@H]1O2. The third-order valence-corrected chi connectivity index (χ3v) is 4.79. The normalized spacial score (nSPS) is 34.7. The maximum atomic E-state index is 13.2. The van der Waals surface area contributed by atoms with Gasteiger partial charge in [-0.15, -0.1) is 0 Å². The van der Waals surface area contributed by atoms with Crippen LogP contribution >= 0.6 is 0 Å². The predicted molar refractivity (Wildman–Crippen MR) is 81.3 cm³/mol. The molecule has 22 heavy (non-hydrogen) atoms. The summed E-state index contributed by atoms with van der Waals surface area (Å²) in [6.07, 6.45) is 1.52. The van der Waals surface area contributed by atoms with Gasteiger partial charge in [0.2, 0.25) is 0 Å². The summed E-state index contributed by atoms with van der Waals surface area (Å²) in [5.74, 6) is -0.115. The van der Waals surface area contributed by atoms with Crippen molar-refractivity contribution >= 4 is 5.71 Å². The number of aliphatic hydroxyl groups excluding tert-OH is 1. The summed E-state index contributed by atoms with van der Waals surface area (Å²) in [6.45, 7) is 2.02. The van der Waals surface area contributed by atoms with Gasteiger partial charge in [-0.1, -0.05) is 24.2 Å². The average molecular weight is 307 g/mol. The average Bonchev–Trinajstić information content (AvgIpc) is 2.81. The summed E-state index contributed by atoms with van der Waals surface area (Å²) in [5, 5.41) is 14.5. The molecule has 0 aromatic heterocycles. The van der Waals surface area contributed by atoms with E-state index in [1.165, 1.54) is 19.2 Å². The molecule has 1 aromatic rings. The zero-order valence-corrected chi connectivity index (χ0v) is 12.9. The van der Waals surface area contributed by atoms with Crippen molar-refractivity contribution in [2.75, 3.05) is 7.11 Å². The predicted octanol–water partition coefficient (Wildman–Crippen LogP) is 2.86. The van der Waals surface area contributed by atoms with Gasteiger partial charge < -0.3 is 14.7 Å². The molecule has 0 radical (unpaired) electrons. The van der Waals surface area contributed by atoms with E-state index in [4.69, 9.17) is 9.57 Å². The topological polar surface area (TPSA) is 51.0 Å².